The van der Waals surface area contributed by atoms with Crippen molar-refractivity contribution in [1.29, 1.82) is 0 Å². The first-order chi connectivity index (χ1) is 11.5. The Labute approximate surface area is 135 Å². The number of hydrogen-bond acceptors (Lipinski definition) is 5. The number of carboxylic acids is 1. The molecule has 1 aromatic heterocycles. The molecule has 0 atom stereocenters. The molecule has 2 aromatic carbocycles. The van der Waals surface area contributed by atoms with E-state index in [1.54, 1.807) is 12.1 Å². The minimum Gasteiger partial charge on any atom is -0.562 e. The van der Waals surface area contributed by atoms with Gasteiger partial charge in [0.05, 0.1) is 23.4 Å². The summed E-state index contributed by atoms with van der Waals surface area (Å²) in [5.74, 6) is -2.54. The molecule has 1 N–H and O–H groups in total. The van der Waals surface area contributed by atoms with E-state index in [0.717, 1.165) is 6.21 Å². The number of halogens is 1. The molecule has 3 aromatic rings. The first-order valence-electron chi connectivity index (χ1n) is 6.85. The molecule has 0 bridgehead atoms. The SMILES string of the molecule is O=C(O)c1cccc(N=Cc2nc(-c3ccccc3F)oc2[O-])c1. The van der Waals surface area contributed by atoms with Gasteiger partial charge in [-0.25, -0.2) is 14.2 Å². The minimum atomic E-state index is -1.08. The first-order valence-corrected chi connectivity index (χ1v) is 6.85. The lowest BCUT2D eigenvalue weighted by molar-refractivity contribution is -0.293. The summed E-state index contributed by atoms with van der Waals surface area (Å²) in [7, 11) is 0. The van der Waals surface area contributed by atoms with Crippen LogP contribution in [0.3, 0.4) is 0 Å². The van der Waals surface area contributed by atoms with Gasteiger partial charge in [-0.3, -0.25) is 4.99 Å². The Kier molecular flexibility index (Phi) is 4.07. The average molecular weight is 325 g/mol. The van der Waals surface area contributed by atoms with E-state index in [1.807, 2.05) is 0 Å². The topological polar surface area (TPSA) is 98.8 Å². The number of benzene rings is 2. The van der Waals surface area contributed by atoms with Crippen LogP contribution in [-0.4, -0.2) is 22.3 Å². The summed E-state index contributed by atoms with van der Waals surface area (Å²) in [5, 5.41) is 20.7. The fourth-order valence-electron chi connectivity index (χ4n) is 2.00. The summed E-state index contributed by atoms with van der Waals surface area (Å²) < 4.78 is 18.6. The van der Waals surface area contributed by atoms with Gasteiger partial charge in [0.1, 0.15) is 17.4 Å². The molecule has 6 nitrogen and oxygen atoms in total. The highest BCUT2D eigenvalue weighted by Gasteiger charge is 2.08. The zero-order chi connectivity index (χ0) is 17.1. The van der Waals surface area contributed by atoms with Crippen LogP contribution in [0.4, 0.5) is 10.1 Å². The zero-order valence-corrected chi connectivity index (χ0v) is 12.1. The minimum absolute atomic E-state index is 0.0687. The molecule has 0 aliphatic heterocycles. The number of nitrogens with zero attached hydrogens (tertiary/aromatic N) is 2. The molecule has 3 rings (SSSR count). The third-order valence-corrected chi connectivity index (χ3v) is 3.15. The number of aromatic nitrogens is 1. The van der Waals surface area contributed by atoms with Gasteiger partial charge in [0, 0.05) is 5.56 Å². The van der Waals surface area contributed by atoms with Crippen LogP contribution in [-0.2, 0) is 0 Å². The third kappa shape index (κ3) is 3.14. The van der Waals surface area contributed by atoms with Crippen LogP contribution in [0.15, 0.2) is 57.9 Å². The van der Waals surface area contributed by atoms with Crippen LogP contribution in [0.25, 0.3) is 11.5 Å². The summed E-state index contributed by atoms with van der Waals surface area (Å²) in [6.07, 6.45) is 1.15. The standard InChI is InChI=1S/C17H11FN2O4/c18-13-7-2-1-6-12(13)15-20-14(17(23)24-15)9-19-11-5-3-4-10(8-11)16(21)22/h1-9,23H,(H,21,22)/p-1. The highest BCUT2D eigenvalue weighted by atomic mass is 19.1. The maximum atomic E-state index is 13.7. The Bertz CT molecular complexity index is 934. The number of aliphatic imine (C=N–C) groups is 1. The van der Waals surface area contributed by atoms with Gasteiger partial charge in [0.2, 0.25) is 0 Å². The highest BCUT2D eigenvalue weighted by molar-refractivity contribution is 5.89. The number of oxazole rings is 1. The monoisotopic (exact) mass is 325 g/mol. The molecule has 120 valence electrons. The smallest absolute Gasteiger partial charge is 0.335 e. The van der Waals surface area contributed by atoms with E-state index in [-0.39, 0.29) is 22.7 Å². The molecule has 24 heavy (non-hydrogen) atoms. The fraction of sp³-hybridized carbons (Fsp3) is 0. The number of rotatable bonds is 4. The molecule has 0 spiro atoms. The first kappa shape index (κ1) is 15.4. The van der Waals surface area contributed by atoms with Crippen LogP contribution in [0.5, 0.6) is 5.95 Å². The number of hydrogen-bond donors (Lipinski definition) is 1. The molecule has 0 fully saturated rings. The lowest BCUT2D eigenvalue weighted by Gasteiger charge is -2.00. The molecule has 0 aliphatic rings. The molecule has 1 heterocycles. The van der Waals surface area contributed by atoms with Crippen molar-refractivity contribution in [1.82, 2.24) is 4.98 Å². The van der Waals surface area contributed by atoms with Gasteiger partial charge < -0.3 is 14.6 Å². The molecule has 0 saturated heterocycles. The molecule has 7 heteroatoms. The summed E-state index contributed by atoms with van der Waals surface area (Å²) in [5.41, 5.74) is 0.375. The van der Waals surface area contributed by atoms with Gasteiger partial charge in [-0.1, -0.05) is 18.2 Å². The summed E-state index contributed by atoms with van der Waals surface area (Å²) in [6.45, 7) is 0. The Morgan fingerprint density at radius 1 is 1.25 bits per heavy atom. The third-order valence-electron chi connectivity index (χ3n) is 3.15. The van der Waals surface area contributed by atoms with Gasteiger partial charge in [-0.2, -0.15) is 0 Å². The molecular formula is C17H10FN2O4-. The maximum absolute atomic E-state index is 13.7. The average Bonchev–Trinajstić information content (AvgIpc) is 2.94. The van der Waals surface area contributed by atoms with Gasteiger partial charge in [0.25, 0.3) is 0 Å². The lowest BCUT2D eigenvalue weighted by atomic mass is 10.2. The Morgan fingerprint density at radius 2 is 2.04 bits per heavy atom. The van der Waals surface area contributed by atoms with Gasteiger partial charge in [-0.15, -0.1) is 0 Å². The van der Waals surface area contributed by atoms with Crippen molar-refractivity contribution in [2.24, 2.45) is 4.99 Å². The van der Waals surface area contributed by atoms with E-state index in [1.165, 1.54) is 36.4 Å². The van der Waals surface area contributed by atoms with Gasteiger partial charge >= 0.3 is 5.97 Å². The predicted molar refractivity (Wildman–Crippen MR) is 82.0 cm³/mol. The van der Waals surface area contributed by atoms with Crippen molar-refractivity contribution in [2.75, 3.05) is 0 Å². The molecular weight excluding hydrogens is 315 g/mol. The van der Waals surface area contributed by atoms with Gasteiger partial charge in [-0.05, 0) is 30.3 Å². The number of aromatic carboxylic acids is 1. The summed E-state index contributed by atoms with van der Waals surface area (Å²) in [4.78, 5) is 18.8. The van der Waals surface area contributed by atoms with Crippen LogP contribution in [0.2, 0.25) is 0 Å². The second kappa shape index (κ2) is 6.33. The second-order valence-corrected chi connectivity index (χ2v) is 4.79. The van der Waals surface area contributed by atoms with E-state index < -0.39 is 17.7 Å². The van der Waals surface area contributed by atoms with Crippen LogP contribution >= 0.6 is 0 Å². The largest absolute Gasteiger partial charge is 0.562 e. The maximum Gasteiger partial charge on any atom is 0.335 e. The number of carboxylic acid groups (broad SMARTS) is 1. The molecule has 0 saturated carbocycles. The molecule has 0 radical (unpaired) electrons. The molecule has 0 unspecified atom stereocenters. The van der Waals surface area contributed by atoms with Crippen molar-refractivity contribution < 1.29 is 23.8 Å². The van der Waals surface area contributed by atoms with E-state index >= 15 is 0 Å². The fourth-order valence-corrected chi connectivity index (χ4v) is 2.00. The van der Waals surface area contributed by atoms with Crippen LogP contribution in [0.1, 0.15) is 16.1 Å². The zero-order valence-electron chi connectivity index (χ0n) is 12.1. The Hall–Kier alpha value is -3.48. The van der Waals surface area contributed by atoms with Gasteiger partial charge in [0.15, 0.2) is 0 Å². The normalized spacial score (nSPS) is 11.0. The van der Waals surface area contributed by atoms with Crippen molar-refractivity contribution in [3.8, 4) is 17.4 Å². The van der Waals surface area contributed by atoms with Crippen LogP contribution in [0, 0.1) is 5.82 Å². The molecule has 0 aliphatic carbocycles. The van der Waals surface area contributed by atoms with E-state index in [4.69, 9.17) is 9.52 Å². The van der Waals surface area contributed by atoms with E-state index in [0.29, 0.717) is 5.69 Å². The highest BCUT2D eigenvalue weighted by Crippen LogP contribution is 2.26. The predicted octanol–water partition coefficient (Wildman–Crippen LogP) is 3.00. The van der Waals surface area contributed by atoms with Crippen molar-refractivity contribution in [2.45, 2.75) is 0 Å². The van der Waals surface area contributed by atoms with Crippen molar-refractivity contribution in [3.05, 3.63) is 65.6 Å². The summed E-state index contributed by atoms with van der Waals surface area (Å²) >= 11 is 0. The van der Waals surface area contributed by atoms with Crippen molar-refractivity contribution >= 4 is 17.9 Å². The van der Waals surface area contributed by atoms with Crippen molar-refractivity contribution in [3.63, 3.8) is 0 Å². The van der Waals surface area contributed by atoms with Crippen LogP contribution < -0.4 is 5.11 Å². The summed E-state index contributed by atoms with van der Waals surface area (Å²) in [6, 6.07) is 11.7. The second-order valence-electron chi connectivity index (χ2n) is 4.79. The lowest BCUT2D eigenvalue weighted by Crippen LogP contribution is -1.95. The Morgan fingerprint density at radius 3 is 2.79 bits per heavy atom. The van der Waals surface area contributed by atoms with E-state index in [2.05, 4.69) is 9.98 Å². The van der Waals surface area contributed by atoms with E-state index in [9.17, 15) is 14.3 Å². The molecule has 0 amide bonds. The number of carbonyl (C=O) groups is 1. The Balaban J connectivity index is 1.90. The quantitative estimate of drug-likeness (QED) is 0.743.